The number of thiazole rings is 1. The molecule has 0 aliphatic carbocycles. The van der Waals surface area contributed by atoms with Crippen LogP contribution in [0.15, 0.2) is 0 Å². The van der Waals surface area contributed by atoms with Crippen molar-refractivity contribution in [2.45, 2.75) is 39.5 Å². The van der Waals surface area contributed by atoms with E-state index in [1.165, 1.54) is 12.8 Å². The number of nitrogen functional groups attached to an aromatic ring is 1. The molecule has 0 amide bonds. The molecule has 1 fully saturated rings. The molecule has 5 heteroatoms. The van der Waals surface area contributed by atoms with Gasteiger partial charge in [-0.15, -0.1) is 0 Å². The molecule has 0 bridgehead atoms. The molecule has 0 spiro atoms. The van der Waals surface area contributed by atoms with E-state index in [-0.39, 0.29) is 5.84 Å². The van der Waals surface area contributed by atoms with Crippen molar-refractivity contribution in [1.82, 2.24) is 4.98 Å². The minimum atomic E-state index is 0.146. The summed E-state index contributed by atoms with van der Waals surface area (Å²) >= 11 is 1.57. The van der Waals surface area contributed by atoms with Crippen molar-refractivity contribution >= 4 is 22.3 Å². The largest absolute Gasteiger partial charge is 0.383 e. The Morgan fingerprint density at radius 1 is 1.56 bits per heavy atom. The Hall–Kier alpha value is -1.10. The highest BCUT2D eigenvalue weighted by molar-refractivity contribution is 7.17. The van der Waals surface area contributed by atoms with Crippen LogP contribution in [0.1, 0.15) is 50.1 Å². The topological polar surface area (TPSA) is 66.0 Å². The van der Waals surface area contributed by atoms with E-state index >= 15 is 0 Å². The van der Waals surface area contributed by atoms with Gasteiger partial charge in [-0.05, 0) is 24.7 Å². The van der Waals surface area contributed by atoms with Gasteiger partial charge in [0.25, 0.3) is 0 Å². The van der Waals surface area contributed by atoms with Crippen molar-refractivity contribution in [2.24, 2.45) is 11.7 Å². The van der Waals surface area contributed by atoms with Gasteiger partial charge < -0.3 is 10.6 Å². The van der Waals surface area contributed by atoms with Crippen LogP contribution < -0.4 is 10.6 Å². The molecule has 0 radical (unpaired) electrons. The number of anilines is 1. The number of amidine groups is 1. The second kappa shape index (κ2) is 5.26. The minimum Gasteiger partial charge on any atom is -0.383 e. The number of rotatable bonds is 3. The first kappa shape index (κ1) is 13.3. The molecule has 2 heterocycles. The molecule has 0 aromatic carbocycles. The molecule has 1 aliphatic heterocycles. The Morgan fingerprint density at radius 3 is 2.78 bits per heavy atom. The van der Waals surface area contributed by atoms with Gasteiger partial charge in [-0.1, -0.05) is 32.1 Å². The molecule has 1 unspecified atom stereocenters. The molecule has 100 valence electrons. The fourth-order valence-corrected chi connectivity index (χ4v) is 3.52. The van der Waals surface area contributed by atoms with E-state index in [0.717, 1.165) is 34.7 Å². The Labute approximate surface area is 113 Å². The van der Waals surface area contributed by atoms with Crippen LogP contribution in [0, 0.1) is 11.3 Å². The summed E-state index contributed by atoms with van der Waals surface area (Å²) in [5.41, 5.74) is 6.63. The van der Waals surface area contributed by atoms with E-state index in [9.17, 15) is 0 Å². The van der Waals surface area contributed by atoms with Crippen molar-refractivity contribution in [3.05, 3.63) is 10.6 Å². The van der Waals surface area contributed by atoms with Gasteiger partial charge in [-0.2, -0.15) is 0 Å². The number of piperidine rings is 1. The SMILES string of the molecule is CC1CCCN(c2nc(C(C)C)c(C(=N)N)s2)C1. The van der Waals surface area contributed by atoms with Gasteiger partial charge in [0.1, 0.15) is 5.84 Å². The molecule has 2 rings (SSSR count). The number of nitrogens with one attached hydrogen (secondary N) is 1. The van der Waals surface area contributed by atoms with E-state index < -0.39 is 0 Å². The van der Waals surface area contributed by atoms with Crippen LogP contribution in [0.3, 0.4) is 0 Å². The monoisotopic (exact) mass is 266 g/mol. The van der Waals surface area contributed by atoms with Gasteiger partial charge in [0.15, 0.2) is 5.13 Å². The smallest absolute Gasteiger partial charge is 0.186 e. The predicted molar refractivity (Wildman–Crippen MR) is 77.8 cm³/mol. The van der Waals surface area contributed by atoms with Crippen molar-refractivity contribution in [1.29, 1.82) is 5.41 Å². The second-order valence-corrected chi connectivity index (χ2v) is 6.45. The number of hydrogen-bond acceptors (Lipinski definition) is 4. The Morgan fingerprint density at radius 2 is 2.28 bits per heavy atom. The predicted octanol–water partition coefficient (Wildman–Crippen LogP) is 2.79. The average molecular weight is 266 g/mol. The molecule has 18 heavy (non-hydrogen) atoms. The summed E-state index contributed by atoms with van der Waals surface area (Å²) in [7, 11) is 0. The maximum Gasteiger partial charge on any atom is 0.186 e. The van der Waals surface area contributed by atoms with Crippen LogP contribution in [-0.4, -0.2) is 23.9 Å². The molecule has 1 atom stereocenters. The van der Waals surface area contributed by atoms with Crippen LogP contribution in [0.4, 0.5) is 5.13 Å². The highest BCUT2D eigenvalue weighted by atomic mass is 32.1. The van der Waals surface area contributed by atoms with Crippen molar-refractivity contribution in [2.75, 3.05) is 18.0 Å². The van der Waals surface area contributed by atoms with Gasteiger partial charge in [0.05, 0.1) is 10.6 Å². The number of hydrogen-bond donors (Lipinski definition) is 2. The highest BCUT2D eigenvalue weighted by Gasteiger charge is 2.23. The zero-order chi connectivity index (χ0) is 13.3. The first-order valence-corrected chi connectivity index (χ1v) is 7.40. The van der Waals surface area contributed by atoms with Crippen molar-refractivity contribution < 1.29 is 0 Å². The zero-order valence-electron chi connectivity index (χ0n) is 11.4. The van der Waals surface area contributed by atoms with Crippen LogP contribution in [0.5, 0.6) is 0 Å². The molecule has 1 aromatic heterocycles. The first-order chi connectivity index (χ1) is 8.49. The number of nitrogens with two attached hydrogens (primary N) is 1. The second-order valence-electron chi connectivity index (χ2n) is 5.47. The molecule has 0 saturated carbocycles. The maximum atomic E-state index is 7.67. The fourth-order valence-electron chi connectivity index (χ4n) is 2.40. The maximum absolute atomic E-state index is 7.67. The average Bonchev–Trinajstić information content (AvgIpc) is 2.73. The summed E-state index contributed by atoms with van der Waals surface area (Å²) in [4.78, 5) is 7.90. The standard InChI is InChI=1S/C13H22N4S/c1-8(2)10-11(12(14)15)18-13(16-10)17-6-4-5-9(3)7-17/h8-9H,4-7H2,1-3H3,(H3,14,15). The minimum absolute atomic E-state index is 0.146. The van der Waals surface area contributed by atoms with E-state index in [1.54, 1.807) is 11.3 Å². The summed E-state index contributed by atoms with van der Waals surface area (Å²) in [6, 6.07) is 0. The van der Waals surface area contributed by atoms with E-state index in [0.29, 0.717) is 5.92 Å². The Bertz CT molecular complexity index is 438. The van der Waals surface area contributed by atoms with E-state index in [1.807, 2.05) is 0 Å². The van der Waals surface area contributed by atoms with Crippen LogP contribution in [0.2, 0.25) is 0 Å². The summed E-state index contributed by atoms with van der Waals surface area (Å²) < 4.78 is 0. The molecular formula is C13H22N4S. The van der Waals surface area contributed by atoms with Gasteiger partial charge in [0.2, 0.25) is 0 Å². The van der Waals surface area contributed by atoms with Crippen molar-refractivity contribution in [3.63, 3.8) is 0 Å². The lowest BCUT2D eigenvalue weighted by Gasteiger charge is -2.30. The van der Waals surface area contributed by atoms with E-state index in [2.05, 4.69) is 25.7 Å². The number of aromatic nitrogens is 1. The van der Waals surface area contributed by atoms with Crippen molar-refractivity contribution in [3.8, 4) is 0 Å². The van der Waals surface area contributed by atoms with E-state index in [4.69, 9.17) is 16.1 Å². The quantitative estimate of drug-likeness (QED) is 0.653. The molecule has 1 aliphatic rings. The van der Waals surface area contributed by atoms with Crippen LogP contribution in [0.25, 0.3) is 0 Å². The molecule has 3 N–H and O–H groups in total. The molecular weight excluding hydrogens is 244 g/mol. The lowest BCUT2D eigenvalue weighted by molar-refractivity contribution is 0.446. The molecule has 4 nitrogen and oxygen atoms in total. The third-order valence-electron chi connectivity index (χ3n) is 3.36. The summed E-state index contributed by atoms with van der Waals surface area (Å²) in [6.45, 7) is 8.64. The lowest BCUT2D eigenvalue weighted by Crippen LogP contribution is -2.34. The highest BCUT2D eigenvalue weighted by Crippen LogP contribution is 2.32. The normalized spacial score (nSPS) is 20.4. The van der Waals surface area contributed by atoms with Gasteiger partial charge >= 0.3 is 0 Å². The zero-order valence-corrected chi connectivity index (χ0v) is 12.2. The van der Waals surface area contributed by atoms with Gasteiger partial charge in [-0.25, -0.2) is 4.98 Å². The Balaban J connectivity index is 2.28. The summed E-state index contributed by atoms with van der Waals surface area (Å²) in [5, 5.41) is 8.70. The third kappa shape index (κ3) is 2.66. The summed E-state index contributed by atoms with van der Waals surface area (Å²) in [6.07, 6.45) is 2.53. The van der Waals surface area contributed by atoms with Gasteiger partial charge in [0, 0.05) is 13.1 Å². The Kier molecular flexibility index (Phi) is 3.90. The van der Waals surface area contributed by atoms with Crippen LogP contribution in [-0.2, 0) is 0 Å². The summed E-state index contributed by atoms with van der Waals surface area (Å²) in [5.74, 6) is 1.19. The first-order valence-electron chi connectivity index (χ1n) is 6.59. The molecule has 1 aromatic rings. The number of nitrogens with zero attached hydrogens (tertiary/aromatic N) is 2. The van der Waals surface area contributed by atoms with Crippen LogP contribution >= 0.6 is 11.3 Å². The molecule has 1 saturated heterocycles. The lowest BCUT2D eigenvalue weighted by atomic mass is 10.0. The fraction of sp³-hybridized carbons (Fsp3) is 0.692. The third-order valence-corrected chi connectivity index (χ3v) is 4.53. The van der Waals surface area contributed by atoms with Gasteiger partial charge in [-0.3, -0.25) is 5.41 Å².